The van der Waals surface area contributed by atoms with E-state index in [1.165, 1.54) is 5.57 Å². The summed E-state index contributed by atoms with van der Waals surface area (Å²) in [6.07, 6.45) is 5.71. The third-order valence-electron chi connectivity index (χ3n) is 1.83. The first-order chi connectivity index (χ1) is 5.13. The lowest BCUT2D eigenvalue weighted by molar-refractivity contribution is 0.785. The fourth-order valence-electron chi connectivity index (χ4n) is 1.15. The second-order valence-corrected chi connectivity index (χ2v) is 3.03. The zero-order valence-electron chi connectivity index (χ0n) is 7.02. The van der Waals surface area contributed by atoms with E-state index >= 15 is 0 Å². The molecular formula is C10H13N. The normalized spacial score (nSPS) is 17.5. The summed E-state index contributed by atoms with van der Waals surface area (Å²) in [4.78, 5) is 0. The lowest BCUT2D eigenvalue weighted by Crippen LogP contribution is -2.07. The monoisotopic (exact) mass is 147 g/mol. The lowest BCUT2D eigenvalue weighted by atomic mass is 9.90. The van der Waals surface area contributed by atoms with Gasteiger partial charge in [-0.25, -0.2) is 0 Å². The summed E-state index contributed by atoms with van der Waals surface area (Å²) in [6, 6.07) is 0. The topological polar surface area (TPSA) is 23.9 Å². The van der Waals surface area contributed by atoms with Gasteiger partial charge in [0.25, 0.3) is 0 Å². The molecule has 1 aliphatic rings. The van der Waals surface area contributed by atoms with Crippen LogP contribution < -0.4 is 0 Å². The highest BCUT2D eigenvalue weighted by Gasteiger charge is 2.11. The molecule has 0 aromatic rings. The van der Waals surface area contributed by atoms with E-state index in [1.807, 2.05) is 12.2 Å². The lowest BCUT2D eigenvalue weighted by Gasteiger charge is -2.15. The second kappa shape index (κ2) is 2.87. The van der Waals surface area contributed by atoms with Gasteiger partial charge in [0.15, 0.2) is 0 Å². The third kappa shape index (κ3) is 1.48. The first-order valence-corrected chi connectivity index (χ1v) is 3.79. The van der Waals surface area contributed by atoms with Gasteiger partial charge in [-0.1, -0.05) is 32.6 Å². The van der Waals surface area contributed by atoms with Crippen LogP contribution in [0.5, 0.6) is 0 Å². The van der Waals surface area contributed by atoms with Gasteiger partial charge in [-0.2, -0.15) is 0 Å². The van der Waals surface area contributed by atoms with Crippen molar-refractivity contribution in [2.75, 3.05) is 0 Å². The quantitative estimate of drug-likeness (QED) is 0.589. The molecule has 0 atom stereocenters. The first-order valence-electron chi connectivity index (χ1n) is 3.79. The number of allylic oxidation sites excluding steroid dienone is 5. The van der Waals surface area contributed by atoms with Gasteiger partial charge in [0.2, 0.25) is 0 Å². The maximum absolute atomic E-state index is 7.49. The fraction of sp³-hybridized carbons (Fsp3) is 0.300. The van der Waals surface area contributed by atoms with E-state index in [9.17, 15) is 0 Å². The molecule has 0 heterocycles. The summed E-state index contributed by atoms with van der Waals surface area (Å²) in [7, 11) is 0. The predicted octanol–water partition coefficient (Wildman–Crippen LogP) is 2.71. The van der Waals surface area contributed by atoms with Crippen LogP contribution in [0.2, 0.25) is 0 Å². The molecule has 1 aliphatic carbocycles. The van der Waals surface area contributed by atoms with Crippen LogP contribution >= 0.6 is 0 Å². The molecule has 0 aromatic heterocycles. The van der Waals surface area contributed by atoms with Crippen LogP contribution in [0.1, 0.15) is 13.8 Å². The number of nitrogens with one attached hydrogen (secondary N) is 1. The van der Waals surface area contributed by atoms with Crippen LogP contribution in [0.4, 0.5) is 0 Å². The molecule has 0 spiro atoms. The zero-order chi connectivity index (χ0) is 8.43. The number of rotatable bonds is 1. The second-order valence-electron chi connectivity index (χ2n) is 3.03. The van der Waals surface area contributed by atoms with Crippen molar-refractivity contribution in [1.29, 1.82) is 5.41 Å². The molecule has 11 heavy (non-hydrogen) atoms. The Hall–Kier alpha value is -1.11. The van der Waals surface area contributed by atoms with E-state index < -0.39 is 0 Å². The number of hydrogen-bond donors (Lipinski definition) is 1. The molecule has 0 saturated carbocycles. The standard InChI is InChI=1S/C10H13N/c1-7(2)9-5-4-6-10(11)8(9)3/h4-7,11H,3H2,1-2H3. The van der Waals surface area contributed by atoms with Gasteiger partial charge in [0, 0.05) is 0 Å². The van der Waals surface area contributed by atoms with Crippen LogP contribution in [-0.4, -0.2) is 5.71 Å². The van der Waals surface area contributed by atoms with Crippen LogP contribution in [-0.2, 0) is 0 Å². The van der Waals surface area contributed by atoms with Gasteiger partial charge in [-0.05, 0) is 23.1 Å². The van der Waals surface area contributed by atoms with Crippen LogP contribution in [0.15, 0.2) is 36.0 Å². The average Bonchev–Trinajstić information content (AvgIpc) is 1.94. The van der Waals surface area contributed by atoms with Crippen LogP contribution in [0.3, 0.4) is 0 Å². The first kappa shape index (κ1) is 7.99. The summed E-state index contributed by atoms with van der Waals surface area (Å²) in [5, 5.41) is 7.49. The summed E-state index contributed by atoms with van der Waals surface area (Å²) in [5.74, 6) is 0.466. The minimum Gasteiger partial charge on any atom is -0.300 e. The third-order valence-corrected chi connectivity index (χ3v) is 1.83. The van der Waals surface area contributed by atoms with Gasteiger partial charge >= 0.3 is 0 Å². The Morgan fingerprint density at radius 1 is 1.45 bits per heavy atom. The Kier molecular flexibility index (Phi) is 2.08. The zero-order valence-corrected chi connectivity index (χ0v) is 7.02. The molecule has 0 radical (unpaired) electrons. The van der Waals surface area contributed by atoms with Gasteiger partial charge in [0.05, 0.1) is 5.71 Å². The van der Waals surface area contributed by atoms with E-state index in [4.69, 9.17) is 5.41 Å². The van der Waals surface area contributed by atoms with Gasteiger partial charge in [0.1, 0.15) is 0 Å². The predicted molar refractivity (Wildman–Crippen MR) is 48.9 cm³/mol. The van der Waals surface area contributed by atoms with Crippen molar-refractivity contribution in [2.45, 2.75) is 13.8 Å². The van der Waals surface area contributed by atoms with E-state index in [1.54, 1.807) is 6.08 Å². The van der Waals surface area contributed by atoms with Crippen molar-refractivity contribution in [1.82, 2.24) is 0 Å². The molecular weight excluding hydrogens is 134 g/mol. The van der Waals surface area contributed by atoms with Crippen molar-refractivity contribution in [3.63, 3.8) is 0 Å². The molecule has 1 N–H and O–H groups in total. The van der Waals surface area contributed by atoms with Crippen molar-refractivity contribution in [2.24, 2.45) is 5.92 Å². The van der Waals surface area contributed by atoms with Crippen molar-refractivity contribution in [3.05, 3.63) is 36.0 Å². The highest BCUT2D eigenvalue weighted by Crippen LogP contribution is 2.22. The summed E-state index contributed by atoms with van der Waals surface area (Å²) in [5.41, 5.74) is 2.58. The van der Waals surface area contributed by atoms with E-state index in [2.05, 4.69) is 20.4 Å². The van der Waals surface area contributed by atoms with Crippen molar-refractivity contribution >= 4 is 5.71 Å². The van der Waals surface area contributed by atoms with Gasteiger partial charge in [-0.15, -0.1) is 0 Å². The Labute approximate surface area is 67.6 Å². The van der Waals surface area contributed by atoms with E-state index in [0.717, 1.165) is 5.57 Å². The Balaban J connectivity index is 2.96. The average molecular weight is 147 g/mol. The maximum Gasteiger partial charge on any atom is 0.0609 e. The molecule has 0 saturated heterocycles. The number of hydrogen-bond acceptors (Lipinski definition) is 1. The Morgan fingerprint density at radius 3 is 2.55 bits per heavy atom. The SMILES string of the molecule is C=C1C(=N)C=CC=C1C(C)C. The van der Waals surface area contributed by atoms with Gasteiger partial charge in [-0.3, -0.25) is 0 Å². The van der Waals surface area contributed by atoms with Crippen molar-refractivity contribution < 1.29 is 0 Å². The highest BCUT2D eigenvalue weighted by atomic mass is 14.4. The summed E-state index contributed by atoms with van der Waals surface area (Å²) in [6.45, 7) is 8.08. The Bertz CT molecular complexity index is 254. The van der Waals surface area contributed by atoms with Gasteiger partial charge < -0.3 is 5.41 Å². The highest BCUT2D eigenvalue weighted by molar-refractivity contribution is 6.10. The molecule has 0 fully saturated rings. The molecule has 0 amide bonds. The molecule has 1 nitrogen and oxygen atoms in total. The Morgan fingerprint density at radius 2 is 2.09 bits per heavy atom. The molecule has 1 rings (SSSR count). The molecule has 58 valence electrons. The smallest absolute Gasteiger partial charge is 0.0609 e. The molecule has 0 aromatic carbocycles. The summed E-state index contributed by atoms with van der Waals surface area (Å²) >= 11 is 0. The molecule has 0 aliphatic heterocycles. The van der Waals surface area contributed by atoms with Crippen LogP contribution in [0, 0.1) is 11.3 Å². The van der Waals surface area contributed by atoms with Crippen LogP contribution in [0.25, 0.3) is 0 Å². The molecule has 0 unspecified atom stereocenters. The molecule has 0 bridgehead atoms. The fourth-order valence-corrected chi connectivity index (χ4v) is 1.15. The van der Waals surface area contributed by atoms with E-state index in [0.29, 0.717) is 11.6 Å². The summed E-state index contributed by atoms with van der Waals surface area (Å²) < 4.78 is 0. The molecule has 1 heteroatoms. The maximum atomic E-state index is 7.49. The minimum atomic E-state index is 0.466. The largest absolute Gasteiger partial charge is 0.300 e. The minimum absolute atomic E-state index is 0.466. The van der Waals surface area contributed by atoms with E-state index in [-0.39, 0.29) is 0 Å². The van der Waals surface area contributed by atoms with Crippen molar-refractivity contribution in [3.8, 4) is 0 Å².